The zero-order chi connectivity index (χ0) is 11.0. The smallest absolute Gasteiger partial charge is 0.253 e. The highest BCUT2D eigenvalue weighted by atomic mass is 32.1. The molecular weight excluding hydrogens is 208 g/mol. The molecule has 78 valence electrons. The Morgan fingerprint density at radius 2 is 2.07 bits per heavy atom. The van der Waals surface area contributed by atoms with E-state index in [1.54, 1.807) is 0 Å². The molecule has 3 nitrogen and oxygen atoms in total. The first-order valence-electron chi connectivity index (χ1n) is 4.76. The molecule has 1 fully saturated rings. The molecule has 2 rings (SSSR count). The summed E-state index contributed by atoms with van der Waals surface area (Å²) in [6.07, 6.45) is 0. The van der Waals surface area contributed by atoms with Gasteiger partial charge in [0.05, 0.1) is 0 Å². The van der Waals surface area contributed by atoms with Crippen molar-refractivity contribution in [2.24, 2.45) is 0 Å². The van der Waals surface area contributed by atoms with Gasteiger partial charge in [0.1, 0.15) is 6.04 Å². The van der Waals surface area contributed by atoms with E-state index in [4.69, 9.17) is 12.2 Å². The summed E-state index contributed by atoms with van der Waals surface area (Å²) in [7, 11) is 0. The molecule has 1 aliphatic heterocycles. The van der Waals surface area contributed by atoms with Crippen LogP contribution in [0.15, 0.2) is 18.2 Å². The van der Waals surface area contributed by atoms with E-state index >= 15 is 0 Å². The first kappa shape index (κ1) is 10.1. The maximum Gasteiger partial charge on any atom is 0.253 e. The molecule has 1 aliphatic rings. The molecule has 0 spiro atoms. The van der Waals surface area contributed by atoms with Crippen LogP contribution in [0.25, 0.3) is 0 Å². The number of hydrogen-bond donors (Lipinski definition) is 2. The molecule has 2 N–H and O–H groups in total. The summed E-state index contributed by atoms with van der Waals surface area (Å²) in [5.74, 6) is -0.0769. The second kappa shape index (κ2) is 3.62. The van der Waals surface area contributed by atoms with E-state index in [-0.39, 0.29) is 11.9 Å². The first-order chi connectivity index (χ1) is 7.08. The van der Waals surface area contributed by atoms with E-state index < -0.39 is 0 Å². The third-order valence-corrected chi connectivity index (χ3v) is 2.73. The van der Waals surface area contributed by atoms with Crippen molar-refractivity contribution in [3.05, 3.63) is 34.9 Å². The van der Waals surface area contributed by atoms with E-state index in [9.17, 15) is 4.79 Å². The molecule has 1 aromatic carbocycles. The first-order valence-corrected chi connectivity index (χ1v) is 5.17. The number of carbonyl (C=O) groups excluding carboxylic acids is 1. The average Bonchev–Trinajstić information content (AvgIpc) is 2.45. The predicted octanol–water partition coefficient (Wildman–Crippen LogP) is 1.35. The molecule has 15 heavy (non-hydrogen) atoms. The van der Waals surface area contributed by atoms with Crippen molar-refractivity contribution in [2.75, 3.05) is 0 Å². The van der Waals surface area contributed by atoms with Crippen LogP contribution >= 0.6 is 12.2 Å². The van der Waals surface area contributed by atoms with E-state index in [1.165, 1.54) is 5.56 Å². The summed E-state index contributed by atoms with van der Waals surface area (Å²) in [4.78, 5) is 11.6. The predicted molar refractivity (Wildman–Crippen MR) is 62.5 cm³/mol. The summed E-state index contributed by atoms with van der Waals surface area (Å²) in [5.41, 5.74) is 3.28. The highest BCUT2D eigenvalue weighted by molar-refractivity contribution is 7.80. The van der Waals surface area contributed by atoms with Crippen molar-refractivity contribution in [2.45, 2.75) is 19.9 Å². The molecule has 1 unspecified atom stereocenters. The van der Waals surface area contributed by atoms with Gasteiger partial charge in [-0.1, -0.05) is 23.8 Å². The Morgan fingerprint density at radius 3 is 2.60 bits per heavy atom. The normalized spacial score (nSPS) is 20.0. The standard InChI is InChI=1S/C11H12N2OS/c1-6-3-4-8(7(2)5-6)9-10(14)13-11(15)12-9/h3-5,9H,1-2H3,(H2,12,13,14,15). The molecule has 1 aromatic rings. The van der Waals surface area contributed by atoms with Crippen LogP contribution in [0.5, 0.6) is 0 Å². The molecular formula is C11H12N2OS. The summed E-state index contributed by atoms with van der Waals surface area (Å²) in [6, 6.07) is 5.69. The SMILES string of the molecule is Cc1ccc(C2NC(=S)NC2=O)c(C)c1. The number of benzene rings is 1. The fourth-order valence-electron chi connectivity index (χ4n) is 1.79. The Hall–Kier alpha value is -1.42. The van der Waals surface area contributed by atoms with E-state index in [0.29, 0.717) is 5.11 Å². The Bertz CT molecular complexity index is 442. The van der Waals surface area contributed by atoms with Crippen LogP contribution in [0.2, 0.25) is 0 Å². The molecule has 0 aromatic heterocycles. The Morgan fingerprint density at radius 1 is 1.33 bits per heavy atom. The largest absolute Gasteiger partial charge is 0.347 e. The molecule has 4 heteroatoms. The number of carbonyl (C=O) groups is 1. The number of hydrogen-bond acceptors (Lipinski definition) is 2. The van der Waals surface area contributed by atoms with Gasteiger partial charge in [-0.3, -0.25) is 4.79 Å². The van der Waals surface area contributed by atoms with Crippen LogP contribution < -0.4 is 10.6 Å². The monoisotopic (exact) mass is 220 g/mol. The van der Waals surface area contributed by atoms with E-state index in [2.05, 4.69) is 16.7 Å². The van der Waals surface area contributed by atoms with Crippen molar-refractivity contribution in [1.82, 2.24) is 10.6 Å². The number of thiocarbonyl (C=S) groups is 1. The van der Waals surface area contributed by atoms with Gasteiger partial charge in [-0.05, 0) is 37.2 Å². The van der Waals surface area contributed by atoms with Crippen molar-refractivity contribution in [1.29, 1.82) is 0 Å². The van der Waals surface area contributed by atoms with Crippen LogP contribution in [0.4, 0.5) is 0 Å². The molecule has 1 atom stereocenters. The van der Waals surface area contributed by atoms with E-state index in [0.717, 1.165) is 11.1 Å². The molecule has 1 heterocycles. The lowest BCUT2D eigenvalue weighted by Crippen LogP contribution is -2.21. The van der Waals surface area contributed by atoms with Gasteiger partial charge in [0.25, 0.3) is 5.91 Å². The zero-order valence-electron chi connectivity index (χ0n) is 8.63. The number of amides is 1. The fourth-order valence-corrected chi connectivity index (χ4v) is 2.00. The quantitative estimate of drug-likeness (QED) is 0.702. The number of nitrogens with one attached hydrogen (secondary N) is 2. The van der Waals surface area contributed by atoms with Crippen LogP contribution in [0, 0.1) is 13.8 Å². The van der Waals surface area contributed by atoms with Gasteiger partial charge in [0.15, 0.2) is 5.11 Å². The van der Waals surface area contributed by atoms with Gasteiger partial charge in [0, 0.05) is 0 Å². The van der Waals surface area contributed by atoms with Gasteiger partial charge in [-0.2, -0.15) is 0 Å². The molecule has 0 bridgehead atoms. The lowest BCUT2D eigenvalue weighted by molar-refractivity contribution is -0.120. The molecule has 1 amide bonds. The average molecular weight is 220 g/mol. The highest BCUT2D eigenvalue weighted by Gasteiger charge is 2.29. The topological polar surface area (TPSA) is 41.1 Å². The second-order valence-electron chi connectivity index (χ2n) is 3.76. The Balaban J connectivity index is 2.38. The van der Waals surface area contributed by atoms with Gasteiger partial charge in [-0.25, -0.2) is 0 Å². The Labute approximate surface area is 93.9 Å². The second-order valence-corrected chi connectivity index (χ2v) is 4.16. The summed E-state index contributed by atoms with van der Waals surface area (Å²) < 4.78 is 0. The molecule has 0 aliphatic carbocycles. The van der Waals surface area contributed by atoms with Gasteiger partial charge < -0.3 is 10.6 Å². The summed E-state index contributed by atoms with van der Waals surface area (Å²) in [5, 5.41) is 5.95. The molecule has 1 saturated heterocycles. The van der Waals surface area contributed by atoms with Gasteiger partial charge in [-0.15, -0.1) is 0 Å². The minimum atomic E-state index is -0.335. The summed E-state index contributed by atoms with van der Waals surface area (Å²) in [6.45, 7) is 4.03. The van der Waals surface area contributed by atoms with Gasteiger partial charge >= 0.3 is 0 Å². The fraction of sp³-hybridized carbons (Fsp3) is 0.273. The third-order valence-electron chi connectivity index (χ3n) is 2.51. The van der Waals surface area contributed by atoms with Crippen molar-refractivity contribution >= 4 is 23.2 Å². The zero-order valence-corrected chi connectivity index (χ0v) is 9.44. The van der Waals surface area contributed by atoms with Crippen molar-refractivity contribution in [3.8, 4) is 0 Å². The minimum Gasteiger partial charge on any atom is -0.347 e. The molecule has 0 radical (unpaired) electrons. The maximum atomic E-state index is 11.6. The van der Waals surface area contributed by atoms with Crippen molar-refractivity contribution in [3.63, 3.8) is 0 Å². The highest BCUT2D eigenvalue weighted by Crippen LogP contribution is 2.21. The lowest BCUT2D eigenvalue weighted by atomic mass is 9.99. The van der Waals surface area contributed by atoms with Crippen LogP contribution in [0.3, 0.4) is 0 Å². The van der Waals surface area contributed by atoms with Crippen LogP contribution in [0.1, 0.15) is 22.7 Å². The minimum absolute atomic E-state index is 0.0769. The van der Waals surface area contributed by atoms with E-state index in [1.807, 2.05) is 26.0 Å². The van der Waals surface area contributed by atoms with Gasteiger partial charge in [0.2, 0.25) is 0 Å². The lowest BCUT2D eigenvalue weighted by Gasteiger charge is -2.11. The third kappa shape index (κ3) is 1.85. The van der Waals surface area contributed by atoms with Crippen LogP contribution in [-0.2, 0) is 4.79 Å². The maximum absolute atomic E-state index is 11.6. The van der Waals surface area contributed by atoms with Crippen LogP contribution in [-0.4, -0.2) is 11.0 Å². The van der Waals surface area contributed by atoms with Crippen molar-refractivity contribution < 1.29 is 4.79 Å². The number of aryl methyl sites for hydroxylation is 2. The molecule has 0 saturated carbocycles. The Kier molecular flexibility index (Phi) is 2.44. The number of rotatable bonds is 1. The summed E-state index contributed by atoms with van der Waals surface area (Å²) >= 11 is 4.90.